The van der Waals surface area contributed by atoms with Crippen molar-refractivity contribution in [2.75, 3.05) is 5.32 Å². The molecule has 6 heteroatoms. The van der Waals surface area contributed by atoms with Gasteiger partial charge < -0.3 is 5.32 Å². The van der Waals surface area contributed by atoms with E-state index in [0.29, 0.717) is 11.4 Å². The minimum Gasteiger partial charge on any atom is -0.320 e. The Balaban J connectivity index is 2.18. The monoisotopic (exact) mass is 265 g/mol. The van der Waals surface area contributed by atoms with Gasteiger partial charge in [0.25, 0.3) is 5.91 Å². The molecular weight excluding hydrogens is 257 g/mol. The number of aromatic nitrogens is 2. The highest BCUT2D eigenvalue weighted by molar-refractivity contribution is 6.30. The molecule has 4 nitrogen and oxygen atoms in total. The summed E-state index contributed by atoms with van der Waals surface area (Å²) in [5.74, 6) is -1.04. The van der Waals surface area contributed by atoms with Crippen LogP contribution < -0.4 is 5.32 Å². The van der Waals surface area contributed by atoms with Crippen LogP contribution in [0.1, 0.15) is 16.2 Å². The Bertz CT molecular complexity index is 604. The maximum Gasteiger partial charge on any atom is 0.275 e. The van der Waals surface area contributed by atoms with Crippen molar-refractivity contribution < 1.29 is 9.18 Å². The second kappa shape index (κ2) is 5.10. The van der Waals surface area contributed by atoms with E-state index in [2.05, 4.69) is 15.3 Å². The molecule has 1 amide bonds. The zero-order valence-corrected chi connectivity index (χ0v) is 10.2. The minimum absolute atomic E-state index is 0.00310. The first-order valence-electron chi connectivity index (χ1n) is 5.11. The molecule has 0 aliphatic heterocycles. The summed E-state index contributed by atoms with van der Waals surface area (Å²) in [5.41, 5.74) is 1.11. The second-order valence-corrected chi connectivity index (χ2v) is 4.04. The zero-order valence-electron chi connectivity index (χ0n) is 9.45. The summed E-state index contributed by atoms with van der Waals surface area (Å²) >= 11 is 5.54. The third-order valence-electron chi connectivity index (χ3n) is 2.17. The number of carbonyl (C=O) groups is 1. The molecule has 1 heterocycles. The molecular formula is C12H9ClFN3O. The van der Waals surface area contributed by atoms with E-state index >= 15 is 0 Å². The van der Waals surface area contributed by atoms with Crippen LogP contribution in [0.3, 0.4) is 0 Å². The van der Waals surface area contributed by atoms with Crippen LogP contribution in [0.2, 0.25) is 5.02 Å². The highest BCUT2D eigenvalue weighted by atomic mass is 35.5. The Labute approximate surface area is 108 Å². The Morgan fingerprint density at radius 3 is 2.83 bits per heavy atom. The van der Waals surface area contributed by atoms with Crippen LogP contribution in [-0.4, -0.2) is 15.9 Å². The lowest BCUT2D eigenvalue weighted by Crippen LogP contribution is -2.14. The summed E-state index contributed by atoms with van der Waals surface area (Å²) < 4.78 is 13.2. The number of carbonyl (C=O) groups excluding carboxylic acids is 1. The number of nitrogens with one attached hydrogen (secondary N) is 1. The molecule has 0 unspecified atom stereocenters. The van der Waals surface area contributed by atoms with Crippen molar-refractivity contribution in [3.8, 4) is 0 Å². The molecule has 1 aromatic heterocycles. The van der Waals surface area contributed by atoms with Crippen molar-refractivity contribution in [1.82, 2.24) is 9.97 Å². The second-order valence-electron chi connectivity index (χ2n) is 3.63. The highest BCUT2D eigenvalue weighted by Gasteiger charge is 2.09. The van der Waals surface area contributed by atoms with Gasteiger partial charge in [-0.3, -0.25) is 9.78 Å². The molecule has 0 aliphatic carbocycles. The molecule has 1 N–H and O–H groups in total. The fraction of sp³-hybridized carbons (Fsp3) is 0.0833. The van der Waals surface area contributed by atoms with Crippen molar-refractivity contribution in [3.05, 3.63) is 52.8 Å². The smallest absolute Gasteiger partial charge is 0.275 e. The van der Waals surface area contributed by atoms with E-state index in [0.717, 1.165) is 6.07 Å². The minimum atomic E-state index is -0.593. The lowest BCUT2D eigenvalue weighted by atomic mass is 10.3. The third kappa shape index (κ3) is 2.81. The van der Waals surface area contributed by atoms with E-state index in [1.54, 1.807) is 13.1 Å². The lowest BCUT2D eigenvalue weighted by Gasteiger charge is -2.05. The number of aryl methyl sites for hydroxylation is 1. The van der Waals surface area contributed by atoms with Gasteiger partial charge in [-0.2, -0.15) is 0 Å². The summed E-state index contributed by atoms with van der Waals surface area (Å²) in [7, 11) is 0. The number of halogens is 2. The molecule has 92 valence electrons. The van der Waals surface area contributed by atoms with Crippen LogP contribution in [0.5, 0.6) is 0 Å². The summed E-state index contributed by atoms with van der Waals surface area (Å²) in [5, 5.41) is 2.52. The fourth-order valence-electron chi connectivity index (χ4n) is 1.34. The average Bonchev–Trinajstić information content (AvgIpc) is 2.34. The Morgan fingerprint density at radius 2 is 2.17 bits per heavy atom. The first-order valence-corrected chi connectivity index (χ1v) is 5.49. The van der Waals surface area contributed by atoms with Crippen LogP contribution in [-0.2, 0) is 0 Å². The van der Waals surface area contributed by atoms with Crippen molar-refractivity contribution in [2.24, 2.45) is 0 Å². The standard InChI is InChI=1S/C12H9ClFN3O/c1-7-5-15-6-11(16-7)12(18)17-8-2-3-9(13)10(14)4-8/h2-6H,1H3,(H,17,18). The number of rotatable bonds is 2. The molecule has 0 saturated carbocycles. The van der Waals surface area contributed by atoms with Crippen LogP contribution >= 0.6 is 11.6 Å². The molecule has 2 rings (SSSR count). The lowest BCUT2D eigenvalue weighted by molar-refractivity contribution is 0.102. The van der Waals surface area contributed by atoms with Gasteiger partial charge in [0.05, 0.1) is 16.9 Å². The predicted octanol–water partition coefficient (Wildman–Crippen LogP) is 2.83. The van der Waals surface area contributed by atoms with E-state index in [9.17, 15) is 9.18 Å². The van der Waals surface area contributed by atoms with Crippen LogP contribution in [0.4, 0.5) is 10.1 Å². The number of anilines is 1. The van der Waals surface area contributed by atoms with E-state index in [4.69, 9.17) is 11.6 Å². The van der Waals surface area contributed by atoms with Gasteiger partial charge in [0, 0.05) is 11.9 Å². The van der Waals surface area contributed by atoms with Gasteiger partial charge in [0.2, 0.25) is 0 Å². The Morgan fingerprint density at radius 1 is 1.39 bits per heavy atom. The fourth-order valence-corrected chi connectivity index (χ4v) is 1.46. The molecule has 0 radical (unpaired) electrons. The maximum absolute atomic E-state index is 13.2. The number of nitrogens with zero attached hydrogens (tertiary/aromatic N) is 2. The average molecular weight is 266 g/mol. The van der Waals surface area contributed by atoms with Crippen molar-refractivity contribution in [3.63, 3.8) is 0 Å². The van der Waals surface area contributed by atoms with Gasteiger partial charge >= 0.3 is 0 Å². The van der Waals surface area contributed by atoms with Gasteiger partial charge in [-0.15, -0.1) is 0 Å². The molecule has 2 aromatic rings. The quantitative estimate of drug-likeness (QED) is 0.908. The van der Waals surface area contributed by atoms with E-state index in [-0.39, 0.29) is 10.7 Å². The van der Waals surface area contributed by atoms with Gasteiger partial charge in [0.15, 0.2) is 0 Å². The molecule has 0 spiro atoms. The molecule has 0 aliphatic rings. The van der Waals surface area contributed by atoms with Crippen molar-refractivity contribution in [1.29, 1.82) is 0 Å². The molecule has 18 heavy (non-hydrogen) atoms. The summed E-state index contributed by atoms with van der Waals surface area (Å²) in [4.78, 5) is 19.7. The van der Waals surface area contributed by atoms with Gasteiger partial charge in [-0.05, 0) is 25.1 Å². The van der Waals surface area contributed by atoms with Gasteiger partial charge in [-0.25, -0.2) is 9.37 Å². The molecule has 0 saturated heterocycles. The zero-order chi connectivity index (χ0) is 13.1. The normalized spacial score (nSPS) is 10.2. The number of hydrogen-bond acceptors (Lipinski definition) is 3. The summed E-state index contributed by atoms with van der Waals surface area (Å²) in [6.45, 7) is 1.73. The highest BCUT2D eigenvalue weighted by Crippen LogP contribution is 2.18. The Hall–Kier alpha value is -2.01. The molecule has 1 aromatic carbocycles. The third-order valence-corrected chi connectivity index (χ3v) is 2.47. The first kappa shape index (κ1) is 12.4. The van der Waals surface area contributed by atoms with Crippen molar-refractivity contribution in [2.45, 2.75) is 6.92 Å². The van der Waals surface area contributed by atoms with Crippen LogP contribution in [0.25, 0.3) is 0 Å². The topological polar surface area (TPSA) is 54.9 Å². The van der Waals surface area contributed by atoms with E-state index < -0.39 is 11.7 Å². The SMILES string of the molecule is Cc1cncc(C(=O)Nc2ccc(Cl)c(F)c2)n1. The molecule has 0 fully saturated rings. The number of benzene rings is 1. The van der Waals surface area contributed by atoms with E-state index in [1.807, 2.05) is 0 Å². The molecule has 0 bridgehead atoms. The summed E-state index contributed by atoms with van der Waals surface area (Å²) in [6, 6.07) is 4.02. The number of hydrogen-bond donors (Lipinski definition) is 1. The molecule has 0 atom stereocenters. The van der Waals surface area contributed by atoms with Gasteiger partial charge in [-0.1, -0.05) is 11.6 Å². The summed E-state index contributed by atoms with van der Waals surface area (Å²) in [6.07, 6.45) is 2.88. The maximum atomic E-state index is 13.2. The first-order chi connectivity index (χ1) is 8.56. The van der Waals surface area contributed by atoms with Crippen LogP contribution in [0, 0.1) is 12.7 Å². The predicted molar refractivity (Wildman–Crippen MR) is 66.1 cm³/mol. The van der Waals surface area contributed by atoms with Gasteiger partial charge in [0.1, 0.15) is 11.5 Å². The van der Waals surface area contributed by atoms with Crippen LogP contribution in [0.15, 0.2) is 30.6 Å². The Kier molecular flexibility index (Phi) is 3.53. The van der Waals surface area contributed by atoms with E-state index in [1.165, 1.54) is 18.3 Å². The number of amides is 1. The largest absolute Gasteiger partial charge is 0.320 e. The van der Waals surface area contributed by atoms with Crippen molar-refractivity contribution >= 4 is 23.2 Å².